The number of ether oxygens (including phenoxy) is 1. The minimum absolute atomic E-state index is 0.319. The number of rotatable bonds is 4. The Balaban J connectivity index is 1.61. The highest BCUT2D eigenvalue weighted by Crippen LogP contribution is 2.20. The number of nitrogens with zero attached hydrogens (tertiary/aromatic N) is 3. The van der Waals surface area contributed by atoms with E-state index in [-0.39, 0.29) is 5.97 Å². The SMILES string of the molecule is CCOC(=O)c1ccc(N2CCN(c3cccc(C)c3)CC2)nc1. The number of aryl methyl sites for hydroxylation is 1. The van der Waals surface area contributed by atoms with E-state index >= 15 is 0 Å². The predicted octanol–water partition coefficient (Wildman–Crippen LogP) is 2.89. The van der Waals surface area contributed by atoms with Gasteiger partial charge in [-0.3, -0.25) is 0 Å². The van der Waals surface area contributed by atoms with Crippen LogP contribution in [0, 0.1) is 6.92 Å². The van der Waals surface area contributed by atoms with Crippen LogP contribution in [0.15, 0.2) is 42.6 Å². The molecule has 0 radical (unpaired) electrons. The van der Waals surface area contributed by atoms with Gasteiger partial charge in [0.2, 0.25) is 0 Å². The smallest absolute Gasteiger partial charge is 0.339 e. The number of esters is 1. The topological polar surface area (TPSA) is 45.7 Å². The van der Waals surface area contributed by atoms with Crippen molar-refractivity contribution in [1.82, 2.24) is 4.98 Å². The van der Waals surface area contributed by atoms with Crippen molar-refractivity contribution in [3.63, 3.8) is 0 Å². The van der Waals surface area contributed by atoms with Crippen LogP contribution in [0.2, 0.25) is 0 Å². The molecule has 5 nitrogen and oxygen atoms in total. The van der Waals surface area contributed by atoms with Gasteiger partial charge in [-0.15, -0.1) is 0 Å². The second kappa shape index (κ2) is 7.34. The number of anilines is 2. The van der Waals surface area contributed by atoms with Crippen LogP contribution in [0.3, 0.4) is 0 Å². The molecule has 1 aliphatic rings. The molecule has 126 valence electrons. The number of carbonyl (C=O) groups is 1. The van der Waals surface area contributed by atoms with E-state index in [1.54, 1.807) is 19.2 Å². The minimum atomic E-state index is -0.319. The fourth-order valence-electron chi connectivity index (χ4n) is 2.93. The summed E-state index contributed by atoms with van der Waals surface area (Å²) in [5, 5.41) is 0. The van der Waals surface area contributed by atoms with E-state index in [0.717, 1.165) is 32.0 Å². The quantitative estimate of drug-likeness (QED) is 0.809. The summed E-state index contributed by atoms with van der Waals surface area (Å²) >= 11 is 0. The van der Waals surface area contributed by atoms with Gasteiger partial charge in [0.1, 0.15) is 5.82 Å². The standard InChI is InChI=1S/C19H23N3O2/c1-3-24-19(23)16-7-8-18(20-14-16)22-11-9-21(10-12-22)17-6-4-5-15(2)13-17/h4-8,13-14H,3,9-12H2,1-2H3. The lowest BCUT2D eigenvalue weighted by Crippen LogP contribution is -2.46. The van der Waals surface area contributed by atoms with Gasteiger partial charge >= 0.3 is 5.97 Å². The lowest BCUT2D eigenvalue weighted by atomic mass is 10.2. The second-order valence-electron chi connectivity index (χ2n) is 5.94. The largest absolute Gasteiger partial charge is 0.462 e. The molecule has 0 bridgehead atoms. The van der Waals surface area contributed by atoms with E-state index in [1.165, 1.54) is 11.3 Å². The summed E-state index contributed by atoms with van der Waals surface area (Å²) in [7, 11) is 0. The molecule has 1 aliphatic heterocycles. The maximum Gasteiger partial charge on any atom is 0.339 e. The van der Waals surface area contributed by atoms with Crippen molar-refractivity contribution in [2.45, 2.75) is 13.8 Å². The summed E-state index contributed by atoms with van der Waals surface area (Å²) in [6.45, 7) is 8.05. The first kappa shape index (κ1) is 16.3. The van der Waals surface area contributed by atoms with E-state index in [9.17, 15) is 4.79 Å². The van der Waals surface area contributed by atoms with Crippen LogP contribution >= 0.6 is 0 Å². The van der Waals surface area contributed by atoms with Crippen LogP contribution in [-0.4, -0.2) is 43.7 Å². The van der Waals surface area contributed by atoms with Crippen molar-refractivity contribution in [2.75, 3.05) is 42.6 Å². The molecule has 0 spiro atoms. The highest BCUT2D eigenvalue weighted by atomic mass is 16.5. The molecular formula is C19H23N3O2. The Hall–Kier alpha value is -2.56. The minimum Gasteiger partial charge on any atom is -0.462 e. The molecule has 0 amide bonds. The van der Waals surface area contributed by atoms with Gasteiger partial charge in [-0.05, 0) is 43.7 Å². The third kappa shape index (κ3) is 3.67. The highest BCUT2D eigenvalue weighted by molar-refractivity contribution is 5.89. The molecule has 0 saturated carbocycles. The molecule has 0 aliphatic carbocycles. The van der Waals surface area contributed by atoms with Gasteiger partial charge < -0.3 is 14.5 Å². The van der Waals surface area contributed by atoms with Crippen molar-refractivity contribution in [1.29, 1.82) is 0 Å². The van der Waals surface area contributed by atoms with Crippen molar-refractivity contribution in [2.24, 2.45) is 0 Å². The zero-order valence-corrected chi connectivity index (χ0v) is 14.2. The molecule has 1 saturated heterocycles. The summed E-state index contributed by atoms with van der Waals surface area (Å²) < 4.78 is 4.99. The molecule has 1 aromatic heterocycles. The van der Waals surface area contributed by atoms with Gasteiger partial charge in [0, 0.05) is 38.1 Å². The number of pyridine rings is 1. The van der Waals surface area contributed by atoms with Crippen LogP contribution in [0.25, 0.3) is 0 Å². The van der Waals surface area contributed by atoms with Gasteiger partial charge in [0.25, 0.3) is 0 Å². The van der Waals surface area contributed by atoms with Crippen molar-refractivity contribution in [3.05, 3.63) is 53.7 Å². The highest BCUT2D eigenvalue weighted by Gasteiger charge is 2.18. The van der Waals surface area contributed by atoms with E-state index in [1.807, 2.05) is 6.07 Å². The van der Waals surface area contributed by atoms with Gasteiger partial charge in [0.15, 0.2) is 0 Å². The van der Waals surface area contributed by atoms with Gasteiger partial charge in [0.05, 0.1) is 12.2 Å². The third-order valence-electron chi connectivity index (χ3n) is 4.23. The molecule has 2 heterocycles. The number of aromatic nitrogens is 1. The Morgan fingerprint density at radius 2 is 1.88 bits per heavy atom. The molecular weight excluding hydrogens is 302 g/mol. The third-order valence-corrected chi connectivity index (χ3v) is 4.23. The maximum atomic E-state index is 11.7. The lowest BCUT2D eigenvalue weighted by Gasteiger charge is -2.36. The maximum absolute atomic E-state index is 11.7. The average molecular weight is 325 g/mol. The summed E-state index contributed by atoms with van der Waals surface area (Å²) in [5.41, 5.74) is 3.06. The molecule has 2 aromatic rings. The fraction of sp³-hybridized carbons (Fsp3) is 0.368. The van der Waals surface area contributed by atoms with Gasteiger partial charge in [-0.2, -0.15) is 0 Å². The number of piperazine rings is 1. The summed E-state index contributed by atoms with van der Waals surface area (Å²) in [6.07, 6.45) is 1.60. The number of carbonyl (C=O) groups excluding carboxylic acids is 1. The average Bonchev–Trinajstić information content (AvgIpc) is 2.62. The normalized spacial score (nSPS) is 14.6. The Morgan fingerprint density at radius 1 is 1.12 bits per heavy atom. The Kier molecular flexibility index (Phi) is 4.99. The molecule has 24 heavy (non-hydrogen) atoms. The number of hydrogen-bond donors (Lipinski definition) is 0. The zero-order valence-electron chi connectivity index (χ0n) is 14.2. The first-order valence-corrected chi connectivity index (χ1v) is 8.37. The first-order chi connectivity index (χ1) is 11.7. The predicted molar refractivity (Wildman–Crippen MR) is 95.8 cm³/mol. The summed E-state index contributed by atoms with van der Waals surface area (Å²) in [6, 6.07) is 12.3. The number of hydrogen-bond acceptors (Lipinski definition) is 5. The fourth-order valence-corrected chi connectivity index (χ4v) is 2.93. The van der Waals surface area contributed by atoms with Gasteiger partial charge in [-0.25, -0.2) is 9.78 Å². The van der Waals surface area contributed by atoms with Crippen LogP contribution in [0.5, 0.6) is 0 Å². The zero-order chi connectivity index (χ0) is 16.9. The van der Waals surface area contributed by atoms with E-state index in [4.69, 9.17) is 4.74 Å². The van der Waals surface area contributed by atoms with Crippen LogP contribution in [0.4, 0.5) is 11.5 Å². The Morgan fingerprint density at radius 3 is 2.50 bits per heavy atom. The molecule has 0 atom stereocenters. The van der Waals surface area contributed by atoms with Crippen LogP contribution in [0.1, 0.15) is 22.8 Å². The Labute approximate surface area is 142 Å². The molecule has 5 heteroatoms. The lowest BCUT2D eigenvalue weighted by molar-refractivity contribution is 0.0526. The van der Waals surface area contributed by atoms with E-state index in [2.05, 4.69) is 46.0 Å². The first-order valence-electron chi connectivity index (χ1n) is 8.37. The summed E-state index contributed by atoms with van der Waals surface area (Å²) in [5.74, 6) is 0.591. The molecule has 1 fully saturated rings. The number of benzene rings is 1. The van der Waals surface area contributed by atoms with Crippen molar-refractivity contribution < 1.29 is 9.53 Å². The molecule has 1 aromatic carbocycles. The van der Waals surface area contributed by atoms with Crippen LogP contribution < -0.4 is 9.80 Å². The molecule has 3 rings (SSSR count). The monoisotopic (exact) mass is 325 g/mol. The Bertz CT molecular complexity index is 692. The molecule has 0 unspecified atom stereocenters. The second-order valence-corrected chi connectivity index (χ2v) is 5.94. The molecule has 0 N–H and O–H groups in total. The van der Waals surface area contributed by atoms with Crippen molar-refractivity contribution >= 4 is 17.5 Å². The van der Waals surface area contributed by atoms with E-state index in [0.29, 0.717) is 12.2 Å². The van der Waals surface area contributed by atoms with E-state index < -0.39 is 0 Å². The van der Waals surface area contributed by atoms with Crippen LogP contribution in [-0.2, 0) is 4.74 Å². The van der Waals surface area contributed by atoms with Crippen molar-refractivity contribution in [3.8, 4) is 0 Å². The van der Waals surface area contributed by atoms with Gasteiger partial charge in [-0.1, -0.05) is 12.1 Å². The summed E-state index contributed by atoms with van der Waals surface area (Å²) in [4.78, 5) is 20.8.